The third-order valence-corrected chi connectivity index (χ3v) is 4.03. The summed E-state index contributed by atoms with van der Waals surface area (Å²) in [6.45, 7) is 3.59. The van der Waals surface area contributed by atoms with Crippen LogP contribution in [0.4, 0.5) is 5.82 Å². The minimum atomic E-state index is -3.46. The standard InChI is InChI=1S/C12H16N6O2S/c1-13-18-12-10(3-2-5-15-12)8-21(19,20)17-6-4-11-7-14-9-16-11/h2-3,5,7,9,17H,1,4,6,8H2,(H,14,16)(H,15,18). The first-order valence-electron chi connectivity index (χ1n) is 6.21. The number of imidazole rings is 1. The Kier molecular flexibility index (Phi) is 5.01. The number of aromatic nitrogens is 3. The maximum atomic E-state index is 12.0. The number of pyridine rings is 1. The van der Waals surface area contributed by atoms with Crippen LogP contribution >= 0.6 is 0 Å². The normalized spacial score (nSPS) is 11.2. The Bertz CT molecular complexity index is 684. The van der Waals surface area contributed by atoms with Crippen LogP contribution in [0, 0.1) is 0 Å². The smallest absolute Gasteiger partial charge is 0.215 e. The molecule has 2 rings (SSSR count). The van der Waals surface area contributed by atoms with E-state index in [1.54, 1.807) is 30.9 Å². The molecule has 0 fully saturated rings. The molecule has 112 valence electrons. The van der Waals surface area contributed by atoms with Crippen LogP contribution in [0.5, 0.6) is 0 Å². The van der Waals surface area contributed by atoms with Crippen LogP contribution in [-0.4, -0.2) is 36.6 Å². The van der Waals surface area contributed by atoms with Crippen molar-refractivity contribution in [2.45, 2.75) is 12.2 Å². The Balaban J connectivity index is 1.95. The quantitative estimate of drug-likeness (QED) is 0.485. The summed E-state index contributed by atoms with van der Waals surface area (Å²) in [6, 6.07) is 3.35. The molecule has 2 aromatic rings. The van der Waals surface area contributed by atoms with Crippen LogP contribution in [-0.2, 0) is 22.2 Å². The number of hydrazone groups is 1. The fraction of sp³-hybridized carbons (Fsp3) is 0.250. The van der Waals surface area contributed by atoms with Gasteiger partial charge in [-0.3, -0.25) is 5.43 Å². The van der Waals surface area contributed by atoms with Crippen molar-refractivity contribution < 1.29 is 8.42 Å². The van der Waals surface area contributed by atoms with E-state index in [1.165, 1.54) is 0 Å². The third-order valence-electron chi connectivity index (χ3n) is 2.69. The molecule has 0 aromatic carbocycles. The summed E-state index contributed by atoms with van der Waals surface area (Å²) < 4.78 is 26.6. The van der Waals surface area contributed by atoms with Crippen molar-refractivity contribution in [1.82, 2.24) is 19.7 Å². The molecule has 21 heavy (non-hydrogen) atoms. The zero-order chi connectivity index (χ0) is 15.1. The predicted octanol–water partition coefficient (Wildman–Crippen LogP) is 0.494. The van der Waals surface area contributed by atoms with Crippen molar-refractivity contribution in [3.63, 3.8) is 0 Å². The lowest BCUT2D eigenvalue weighted by atomic mass is 10.3. The van der Waals surface area contributed by atoms with Gasteiger partial charge >= 0.3 is 0 Å². The Morgan fingerprint density at radius 2 is 2.29 bits per heavy atom. The number of nitrogens with zero attached hydrogens (tertiary/aromatic N) is 3. The van der Waals surface area contributed by atoms with Gasteiger partial charge in [0.05, 0.1) is 12.1 Å². The highest BCUT2D eigenvalue weighted by molar-refractivity contribution is 7.88. The van der Waals surface area contributed by atoms with E-state index < -0.39 is 10.0 Å². The van der Waals surface area contributed by atoms with Crippen LogP contribution < -0.4 is 10.1 Å². The zero-order valence-electron chi connectivity index (χ0n) is 11.3. The molecule has 3 N–H and O–H groups in total. The maximum absolute atomic E-state index is 12.0. The van der Waals surface area contributed by atoms with Gasteiger partial charge in [-0.05, 0) is 6.07 Å². The Morgan fingerprint density at radius 1 is 1.43 bits per heavy atom. The Hall–Kier alpha value is -2.26. The molecule has 0 aliphatic carbocycles. The largest absolute Gasteiger partial charge is 0.348 e. The van der Waals surface area contributed by atoms with Crippen LogP contribution in [0.3, 0.4) is 0 Å². The summed E-state index contributed by atoms with van der Waals surface area (Å²) in [5, 5.41) is 3.50. The summed E-state index contributed by atoms with van der Waals surface area (Å²) in [6.07, 6.45) is 5.31. The van der Waals surface area contributed by atoms with E-state index >= 15 is 0 Å². The zero-order valence-corrected chi connectivity index (χ0v) is 12.1. The van der Waals surface area contributed by atoms with E-state index in [-0.39, 0.29) is 5.75 Å². The highest BCUT2D eigenvalue weighted by Gasteiger charge is 2.14. The minimum Gasteiger partial charge on any atom is -0.348 e. The van der Waals surface area contributed by atoms with Gasteiger partial charge in [0.25, 0.3) is 0 Å². The van der Waals surface area contributed by atoms with Crippen LogP contribution in [0.1, 0.15) is 11.3 Å². The summed E-state index contributed by atoms with van der Waals surface area (Å²) >= 11 is 0. The second-order valence-electron chi connectivity index (χ2n) is 4.26. The van der Waals surface area contributed by atoms with E-state index in [0.717, 1.165) is 5.69 Å². The van der Waals surface area contributed by atoms with Crippen molar-refractivity contribution in [1.29, 1.82) is 0 Å². The number of sulfonamides is 1. The molecule has 0 radical (unpaired) electrons. The highest BCUT2D eigenvalue weighted by atomic mass is 32.2. The lowest BCUT2D eigenvalue weighted by Gasteiger charge is -2.09. The van der Waals surface area contributed by atoms with E-state index in [4.69, 9.17) is 0 Å². The van der Waals surface area contributed by atoms with Gasteiger partial charge in [-0.25, -0.2) is 23.1 Å². The van der Waals surface area contributed by atoms with Gasteiger partial charge in [-0.2, -0.15) is 5.10 Å². The van der Waals surface area contributed by atoms with Gasteiger partial charge in [0.1, 0.15) is 5.82 Å². The first-order valence-corrected chi connectivity index (χ1v) is 7.86. The third kappa shape index (κ3) is 4.65. The van der Waals surface area contributed by atoms with Crippen LogP contribution in [0.25, 0.3) is 0 Å². The number of hydrogen-bond donors (Lipinski definition) is 3. The molecular formula is C12H16N6O2S. The van der Waals surface area contributed by atoms with Gasteiger partial charge in [0.15, 0.2) is 0 Å². The average molecular weight is 308 g/mol. The molecule has 0 spiro atoms. The summed E-state index contributed by atoms with van der Waals surface area (Å²) in [4.78, 5) is 10.8. The van der Waals surface area contributed by atoms with Crippen molar-refractivity contribution in [3.05, 3.63) is 42.1 Å². The molecule has 0 amide bonds. The van der Waals surface area contributed by atoms with Crippen molar-refractivity contribution in [3.8, 4) is 0 Å². The number of hydrogen-bond acceptors (Lipinski definition) is 6. The summed E-state index contributed by atoms with van der Waals surface area (Å²) in [5.41, 5.74) is 3.97. The highest BCUT2D eigenvalue weighted by Crippen LogP contribution is 2.14. The molecular weight excluding hydrogens is 292 g/mol. The maximum Gasteiger partial charge on any atom is 0.215 e. The number of nitrogens with one attached hydrogen (secondary N) is 3. The minimum absolute atomic E-state index is 0.179. The van der Waals surface area contributed by atoms with Gasteiger partial charge in [-0.1, -0.05) is 6.07 Å². The fourth-order valence-corrected chi connectivity index (χ4v) is 2.91. The van der Waals surface area contributed by atoms with Crippen molar-refractivity contribution in [2.75, 3.05) is 12.0 Å². The molecule has 8 nitrogen and oxygen atoms in total. The molecule has 0 unspecified atom stereocenters. The molecule has 0 bridgehead atoms. The van der Waals surface area contributed by atoms with Crippen molar-refractivity contribution >= 4 is 22.6 Å². The first-order chi connectivity index (χ1) is 10.1. The molecule has 2 aromatic heterocycles. The monoisotopic (exact) mass is 308 g/mol. The number of rotatable bonds is 8. The lowest BCUT2D eigenvalue weighted by Crippen LogP contribution is -2.27. The Morgan fingerprint density at radius 3 is 3.00 bits per heavy atom. The lowest BCUT2D eigenvalue weighted by molar-refractivity contribution is 0.580. The first kappa shape index (κ1) is 15.1. The molecule has 9 heteroatoms. The average Bonchev–Trinajstić information content (AvgIpc) is 2.94. The van der Waals surface area contributed by atoms with Gasteiger partial charge in [0, 0.05) is 43.3 Å². The van der Waals surface area contributed by atoms with Gasteiger partial charge < -0.3 is 4.98 Å². The molecule has 2 heterocycles. The second kappa shape index (κ2) is 6.95. The summed E-state index contributed by atoms with van der Waals surface area (Å²) in [5.74, 6) is 0.202. The van der Waals surface area contributed by atoms with Crippen LogP contribution in [0.15, 0.2) is 36.0 Å². The van der Waals surface area contributed by atoms with E-state index in [2.05, 4.69) is 36.9 Å². The SMILES string of the molecule is C=NNc1ncccc1CS(=O)(=O)NCCc1cnc[nH]1. The van der Waals surface area contributed by atoms with E-state index in [1.807, 2.05) is 0 Å². The topological polar surface area (TPSA) is 112 Å². The molecule has 0 aliphatic heterocycles. The molecule has 0 aliphatic rings. The molecule has 0 atom stereocenters. The number of H-pyrrole nitrogens is 1. The Labute approximate surface area is 122 Å². The second-order valence-corrected chi connectivity index (χ2v) is 6.07. The van der Waals surface area contributed by atoms with Gasteiger partial charge in [0.2, 0.25) is 10.0 Å². The van der Waals surface area contributed by atoms with Crippen LogP contribution in [0.2, 0.25) is 0 Å². The fourth-order valence-electron chi connectivity index (χ4n) is 1.75. The van der Waals surface area contributed by atoms with E-state index in [9.17, 15) is 8.42 Å². The number of aromatic amines is 1. The molecule has 0 saturated carbocycles. The predicted molar refractivity (Wildman–Crippen MR) is 80.3 cm³/mol. The summed E-state index contributed by atoms with van der Waals surface area (Å²) in [7, 11) is -3.46. The van der Waals surface area contributed by atoms with Gasteiger partial charge in [-0.15, -0.1) is 0 Å². The number of anilines is 1. The van der Waals surface area contributed by atoms with E-state index in [0.29, 0.717) is 24.3 Å². The van der Waals surface area contributed by atoms with Crippen molar-refractivity contribution in [2.24, 2.45) is 5.10 Å². The molecule has 0 saturated heterocycles.